The van der Waals surface area contributed by atoms with Crippen molar-refractivity contribution in [1.82, 2.24) is 9.30 Å². The molecule has 0 unspecified atom stereocenters. The van der Waals surface area contributed by atoms with Crippen LogP contribution in [-0.4, -0.2) is 20.3 Å². The van der Waals surface area contributed by atoms with Crippen LogP contribution in [0, 0.1) is 0 Å². The van der Waals surface area contributed by atoms with Gasteiger partial charge in [0.2, 0.25) is 0 Å². The van der Waals surface area contributed by atoms with Crippen LogP contribution >= 0.6 is 11.6 Å². The monoisotopic (exact) mass is 464 g/mol. The Morgan fingerprint density at radius 3 is 1.94 bits per heavy atom. The highest BCUT2D eigenvalue weighted by molar-refractivity contribution is 6.30. The third kappa shape index (κ3) is 4.56. The molecule has 0 radical (unpaired) electrons. The van der Waals surface area contributed by atoms with Crippen molar-refractivity contribution in [3.05, 3.63) is 138 Å². The Morgan fingerprint density at radius 2 is 1.29 bits per heavy atom. The molecule has 166 valence electrons. The molecule has 6 heteroatoms. The van der Waals surface area contributed by atoms with Crippen molar-refractivity contribution in [3.8, 4) is 16.9 Å². The Morgan fingerprint density at radius 1 is 0.706 bits per heavy atom. The van der Waals surface area contributed by atoms with Crippen molar-refractivity contribution in [2.24, 2.45) is 9.98 Å². The van der Waals surface area contributed by atoms with E-state index in [2.05, 4.69) is 0 Å². The summed E-state index contributed by atoms with van der Waals surface area (Å²) in [6.45, 7) is 0. The third-order valence-corrected chi connectivity index (χ3v) is 5.54. The fourth-order valence-electron chi connectivity index (χ4n) is 3.60. The molecule has 1 heterocycles. The predicted molar refractivity (Wildman–Crippen MR) is 136 cm³/mol. The van der Waals surface area contributed by atoms with E-state index < -0.39 is 0 Å². The van der Waals surface area contributed by atoms with Crippen molar-refractivity contribution in [3.63, 3.8) is 0 Å². The molecule has 0 saturated heterocycles. The highest BCUT2D eigenvalue weighted by Gasteiger charge is 2.14. The van der Waals surface area contributed by atoms with E-state index in [-0.39, 0.29) is 0 Å². The second-order valence-corrected chi connectivity index (χ2v) is 8.02. The Labute approximate surface area is 202 Å². The molecule has 5 nitrogen and oxygen atoms in total. The Kier molecular flexibility index (Phi) is 6.10. The molecule has 0 aliphatic carbocycles. The molecule has 1 aromatic heterocycles. The van der Waals surface area contributed by atoms with Gasteiger partial charge < -0.3 is 5.21 Å². The van der Waals surface area contributed by atoms with E-state index in [1.165, 1.54) is 0 Å². The lowest BCUT2D eigenvalue weighted by Gasteiger charge is -2.05. The summed E-state index contributed by atoms with van der Waals surface area (Å²) in [5.74, 6) is 0.479. The molecule has 0 aliphatic heterocycles. The topological polar surface area (TPSA) is 54.8 Å². The minimum Gasteiger partial charge on any atom is -0.425 e. The summed E-state index contributed by atoms with van der Waals surface area (Å²) in [5, 5.41) is 11.9. The first kappa shape index (κ1) is 21.5. The molecule has 0 amide bonds. The van der Waals surface area contributed by atoms with Crippen molar-refractivity contribution in [2.45, 2.75) is 0 Å². The SMILES string of the molecule is On1c(-c2ccc(Cl)cc2)cn(-c2ccccc2)c1=NC(=Nc1ccccc1)c1ccccc1. The predicted octanol–water partition coefficient (Wildman–Crippen LogP) is 6.52. The molecule has 0 aliphatic rings. The number of hydrogen-bond acceptors (Lipinski definition) is 2. The molecule has 0 atom stereocenters. The summed E-state index contributed by atoms with van der Waals surface area (Å²) < 4.78 is 2.92. The van der Waals surface area contributed by atoms with E-state index in [0.717, 1.165) is 27.2 Å². The van der Waals surface area contributed by atoms with Crippen LogP contribution < -0.4 is 5.62 Å². The third-order valence-electron chi connectivity index (χ3n) is 5.29. The molecule has 34 heavy (non-hydrogen) atoms. The van der Waals surface area contributed by atoms with E-state index in [1.807, 2.05) is 114 Å². The van der Waals surface area contributed by atoms with E-state index in [9.17, 15) is 5.21 Å². The number of benzene rings is 4. The molecule has 1 N–H and O–H groups in total. The first-order valence-corrected chi connectivity index (χ1v) is 11.2. The summed E-state index contributed by atoms with van der Waals surface area (Å²) >= 11 is 6.08. The fraction of sp³-hybridized carbons (Fsp3) is 0. The lowest BCUT2D eigenvalue weighted by molar-refractivity contribution is 0.176. The number of imidazole rings is 1. The highest BCUT2D eigenvalue weighted by Crippen LogP contribution is 2.22. The van der Waals surface area contributed by atoms with Gasteiger partial charge in [0.15, 0.2) is 5.84 Å². The fourth-order valence-corrected chi connectivity index (χ4v) is 3.73. The first-order chi connectivity index (χ1) is 16.7. The first-order valence-electron chi connectivity index (χ1n) is 10.8. The number of para-hydroxylation sites is 2. The molecule has 0 fully saturated rings. The zero-order valence-electron chi connectivity index (χ0n) is 18.2. The molecule has 5 rings (SSSR count). The molecule has 5 aromatic rings. The number of rotatable bonds is 4. The van der Waals surface area contributed by atoms with Gasteiger partial charge in [0.25, 0.3) is 5.62 Å². The highest BCUT2D eigenvalue weighted by atomic mass is 35.5. The second kappa shape index (κ2) is 9.65. The normalized spacial score (nSPS) is 12.1. The van der Waals surface area contributed by atoms with E-state index >= 15 is 0 Å². The average Bonchev–Trinajstić information content (AvgIpc) is 3.21. The maximum Gasteiger partial charge on any atom is 0.250 e. The van der Waals surface area contributed by atoms with Gasteiger partial charge >= 0.3 is 0 Å². The molecular weight excluding hydrogens is 444 g/mol. The molecule has 0 bridgehead atoms. The van der Waals surface area contributed by atoms with Gasteiger partial charge in [-0.05, 0) is 36.4 Å². The largest absolute Gasteiger partial charge is 0.425 e. The van der Waals surface area contributed by atoms with Crippen LogP contribution in [0.3, 0.4) is 0 Å². The second-order valence-electron chi connectivity index (χ2n) is 7.59. The summed E-state index contributed by atoms with van der Waals surface area (Å²) in [6, 6.07) is 36.4. The minimum atomic E-state index is 0.315. The Bertz CT molecular complexity index is 1490. The lowest BCUT2D eigenvalue weighted by atomic mass is 10.2. The van der Waals surface area contributed by atoms with Gasteiger partial charge in [-0.2, -0.15) is 4.99 Å². The van der Waals surface area contributed by atoms with Crippen LogP contribution in [0.4, 0.5) is 5.69 Å². The van der Waals surface area contributed by atoms with Crippen LogP contribution in [0.15, 0.2) is 131 Å². The number of aliphatic imine (C=N–C) groups is 1. The zero-order valence-corrected chi connectivity index (χ0v) is 18.9. The van der Waals surface area contributed by atoms with Gasteiger partial charge in [-0.15, -0.1) is 4.73 Å². The smallest absolute Gasteiger partial charge is 0.250 e. The summed E-state index contributed by atoms with van der Waals surface area (Å²) in [7, 11) is 0. The van der Waals surface area contributed by atoms with Gasteiger partial charge in [-0.1, -0.05) is 90.5 Å². The van der Waals surface area contributed by atoms with Crippen LogP contribution in [0.1, 0.15) is 5.56 Å². The van der Waals surface area contributed by atoms with E-state index in [1.54, 1.807) is 12.1 Å². The van der Waals surface area contributed by atoms with Gasteiger partial charge in [0.1, 0.15) is 5.69 Å². The van der Waals surface area contributed by atoms with E-state index in [4.69, 9.17) is 21.6 Å². The number of aromatic nitrogens is 2. The Hall–Kier alpha value is -4.35. The zero-order chi connectivity index (χ0) is 23.3. The van der Waals surface area contributed by atoms with Crippen LogP contribution in [-0.2, 0) is 0 Å². The number of nitrogens with zero attached hydrogens (tertiary/aromatic N) is 4. The number of halogens is 1. The summed E-state index contributed by atoms with van der Waals surface area (Å²) in [4.78, 5) is 9.65. The Balaban J connectivity index is 1.77. The standard InChI is InChI=1S/C28H21ClN4O/c29-23-18-16-21(17-19-23)26-20-32(25-14-8-3-9-15-25)28(33(26)34)31-27(22-10-4-1-5-11-22)30-24-12-6-2-7-13-24/h1-20,34H. The van der Waals surface area contributed by atoms with Crippen molar-refractivity contribution < 1.29 is 5.21 Å². The molecular formula is C28H21ClN4O. The van der Waals surface area contributed by atoms with Crippen LogP contribution in [0.25, 0.3) is 16.9 Å². The minimum absolute atomic E-state index is 0.315. The van der Waals surface area contributed by atoms with Gasteiger partial charge in [0.05, 0.1) is 5.69 Å². The number of amidine groups is 1. The summed E-state index contributed by atoms with van der Waals surface area (Å²) in [6.07, 6.45) is 1.85. The van der Waals surface area contributed by atoms with Crippen LogP contribution in [0.5, 0.6) is 0 Å². The van der Waals surface area contributed by atoms with Gasteiger partial charge in [0, 0.05) is 28.0 Å². The molecule has 0 saturated carbocycles. The molecule has 4 aromatic carbocycles. The average molecular weight is 465 g/mol. The number of hydrogen-bond donors (Lipinski definition) is 1. The maximum atomic E-state index is 11.3. The van der Waals surface area contributed by atoms with E-state index in [0.29, 0.717) is 22.2 Å². The quantitative estimate of drug-likeness (QED) is 0.184. The lowest BCUT2D eigenvalue weighted by Crippen LogP contribution is -2.26. The molecule has 0 spiro atoms. The summed E-state index contributed by atoms with van der Waals surface area (Å²) in [5.41, 5.74) is 4.15. The van der Waals surface area contributed by atoms with Crippen LogP contribution in [0.2, 0.25) is 5.02 Å². The van der Waals surface area contributed by atoms with Crippen molar-refractivity contribution >= 4 is 23.1 Å². The van der Waals surface area contributed by atoms with Gasteiger partial charge in [-0.25, -0.2) is 4.99 Å². The van der Waals surface area contributed by atoms with Gasteiger partial charge in [-0.3, -0.25) is 4.57 Å². The van der Waals surface area contributed by atoms with Crippen molar-refractivity contribution in [1.29, 1.82) is 0 Å². The van der Waals surface area contributed by atoms with Crippen molar-refractivity contribution in [2.75, 3.05) is 0 Å². The maximum absolute atomic E-state index is 11.3.